The largest absolute Gasteiger partial charge is 0.313 e. The zero-order chi connectivity index (χ0) is 16.4. The van der Waals surface area contributed by atoms with E-state index in [9.17, 15) is 0 Å². The first-order valence-electron chi connectivity index (χ1n) is 8.42. The molecule has 2 aromatic rings. The minimum atomic E-state index is 0.521. The van der Waals surface area contributed by atoms with Crippen LogP contribution >= 0.6 is 11.3 Å². The van der Waals surface area contributed by atoms with Crippen LogP contribution in [0.2, 0.25) is 0 Å². The molecule has 0 bridgehead atoms. The fourth-order valence-corrected chi connectivity index (χ4v) is 3.83. The molecule has 3 rings (SSSR count). The van der Waals surface area contributed by atoms with Gasteiger partial charge in [0.15, 0.2) is 0 Å². The molecule has 1 aliphatic heterocycles. The molecule has 1 aliphatic rings. The van der Waals surface area contributed by atoms with Gasteiger partial charge in [-0.05, 0) is 40.0 Å². The van der Waals surface area contributed by atoms with E-state index in [1.54, 1.807) is 0 Å². The molecule has 0 saturated heterocycles. The first-order valence-corrected chi connectivity index (χ1v) is 9.23. The lowest BCUT2D eigenvalue weighted by Gasteiger charge is -2.21. The summed E-state index contributed by atoms with van der Waals surface area (Å²) in [5, 5.41) is 8.87. The van der Waals surface area contributed by atoms with Gasteiger partial charge in [-0.1, -0.05) is 0 Å². The van der Waals surface area contributed by atoms with Gasteiger partial charge in [0.25, 0.3) is 0 Å². The zero-order valence-electron chi connectivity index (χ0n) is 14.6. The lowest BCUT2D eigenvalue weighted by molar-refractivity contribution is 0.249. The zero-order valence-corrected chi connectivity index (χ0v) is 15.4. The summed E-state index contributed by atoms with van der Waals surface area (Å²) < 4.78 is 2.33. The molecule has 0 N–H and O–H groups in total. The van der Waals surface area contributed by atoms with E-state index >= 15 is 0 Å². The van der Waals surface area contributed by atoms with Gasteiger partial charge in [0.05, 0.1) is 6.54 Å². The summed E-state index contributed by atoms with van der Waals surface area (Å²) in [4.78, 5) is 7.70. The van der Waals surface area contributed by atoms with Crippen molar-refractivity contribution in [2.45, 2.75) is 52.9 Å². The molecule has 5 nitrogen and oxygen atoms in total. The number of fused-ring (bicyclic) bond motifs is 1. The third-order valence-electron chi connectivity index (χ3n) is 4.64. The van der Waals surface area contributed by atoms with Crippen LogP contribution in [0.25, 0.3) is 0 Å². The average molecular weight is 334 g/mol. The van der Waals surface area contributed by atoms with Gasteiger partial charge in [-0.3, -0.25) is 9.80 Å². The highest BCUT2D eigenvalue weighted by Crippen LogP contribution is 2.19. The lowest BCUT2D eigenvalue weighted by Crippen LogP contribution is -2.29. The molecule has 0 fully saturated rings. The molecule has 6 heteroatoms. The topological polar surface area (TPSA) is 37.2 Å². The van der Waals surface area contributed by atoms with E-state index in [1.165, 1.54) is 9.75 Å². The number of aryl methyl sites for hydroxylation is 1. The summed E-state index contributed by atoms with van der Waals surface area (Å²) in [5.41, 5.74) is 0. The van der Waals surface area contributed by atoms with Crippen molar-refractivity contribution in [3.63, 3.8) is 0 Å². The standard InChI is InChI=1S/C17H27N5S/c1-13(2)20(4)12-17-19-18-16-7-8-21(9-10-22(16)17)11-15-6-5-14(3)23-15/h5-6,13H,7-12H2,1-4H3. The predicted molar refractivity (Wildman–Crippen MR) is 94.7 cm³/mol. The number of nitrogens with zero attached hydrogens (tertiary/aromatic N) is 5. The number of rotatable bonds is 5. The van der Waals surface area contributed by atoms with E-state index in [4.69, 9.17) is 0 Å². The Morgan fingerprint density at radius 2 is 2.04 bits per heavy atom. The van der Waals surface area contributed by atoms with Gasteiger partial charge in [-0.2, -0.15) is 0 Å². The van der Waals surface area contributed by atoms with Gasteiger partial charge >= 0.3 is 0 Å². The molecule has 0 atom stereocenters. The van der Waals surface area contributed by atoms with E-state index in [0.29, 0.717) is 6.04 Å². The summed E-state index contributed by atoms with van der Waals surface area (Å²) in [6, 6.07) is 4.99. The maximum absolute atomic E-state index is 4.44. The molecular weight excluding hydrogens is 306 g/mol. The summed E-state index contributed by atoms with van der Waals surface area (Å²) in [7, 11) is 2.15. The maximum Gasteiger partial charge on any atom is 0.147 e. The third-order valence-corrected chi connectivity index (χ3v) is 5.63. The van der Waals surface area contributed by atoms with Crippen molar-refractivity contribution in [1.82, 2.24) is 24.6 Å². The van der Waals surface area contributed by atoms with Crippen LogP contribution in [-0.2, 0) is 26.1 Å². The van der Waals surface area contributed by atoms with Gasteiger partial charge in [0.1, 0.15) is 11.6 Å². The van der Waals surface area contributed by atoms with Crippen LogP contribution in [0.3, 0.4) is 0 Å². The van der Waals surface area contributed by atoms with E-state index in [1.807, 2.05) is 11.3 Å². The monoisotopic (exact) mass is 333 g/mol. The Morgan fingerprint density at radius 3 is 2.74 bits per heavy atom. The molecule has 0 unspecified atom stereocenters. The Kier molecular flexibility index (Phi) is 5.14. The smallest absolute Gasteiger partial charge is 0.147 e. The van der Waals surface area contributed by atoms with Crippen LogP contribution in [0.4, 0.5) is 0 Å². The molecule has 0 radical (unpaired) electrons. The SMILES string of the molecule is Cc1ccc(CN2CCc3nnc(CN(C)C(C)C)n3CC2)s1. The molecule has 2 aromatic heterocycles. The number of aromatic nitrogens is 3. The fourth-order valence-electron chi connectivity index (χ4n) is 2.90. The van der Waals surface area contributed by atoms with Crippen molar-refractivity contribution >= 4 is 11.3 Å². The van der Waals surface area contributed by atoms with Gasteiger partial charge in [-0.15, -0.1) is 21.5 Å². The molecular formula is C17H27N5S. The third kappa shape index (κ3) is 4.00. The van der Waals surface area contributed by atoms with Crippen LogP contribution in [-0.4, -0.2) is 50.7 Å². The van der Waals surface area contributed by atoms with E-state index in [2.05, 4.69) is 64.5 Å². The molecule has 0 aromatic carbocycles. The highest BCUT2D eigenvalue weighted by Gasteiger charge is 2.20. The maximum atomic E-state index is 4.44. The minimum absolute atomic E-state index is 0.521. The second-order valence-electron chi connectivity index (χ2n) is 6.73. The van der Waals surface area contributed by atoms with Crippen LogP contribution in [0.5, 0.6) is 0 Å². The summed E-state index contributed by atoms with van der Waals surface area (Å²) in [6.07, 6.45) is 0.989. The second kappa shape index (κ2) is 7.11. The first kappa shape index (κ1) is 16.6. The highest BCUT2D eigenvalue weighted by molar-refractivity contribution is 7.11. The molecule has 0 amide bonds. The molecule has 3 heterocycles. The van der Waals surface area contributed by atoms with Crippen molar-refractivity contribution in [2.24, 2.45) is 0 Å². The van der Waals surface area contributed by atoms with Crippen molar-refractivity contribution < 1.29 is 0 Å². The van der Waals surface area contributed by atoms with E-state index in [0.717, 1.165) is 50.8 Å². The van der Waals surface area contributed by atoms with Gasteiger partial charge in [0.2, 0.25) is 0 Å². The summed E-state index contributed by atoms with van der Waals surface area (Å²) in [5.74, 6) is 2.24. The predicted octanol–water partition coefficient (Wildman–Crippen LogP) is 2.55. The second-order valence-corrected chi connectivity index (χ2v) is 8.10. The van der Waals surface area contributed by atoms with Crippen LogP contribution in [0, 0.1) is 6.92 Å². The number of hydrogen-bond donors (Lipinski definition) is 0. The van der Waals surface area contributed by atoms with Gasteiger partial charge in [0, 0.05) is 48.4 Å². The normalized spacial score (nSPS) is 16.1. The molecule has 23 heavy (non-hydrogen) atoms. The average Bonchev–Trinajstić information content (AvgIpc) is 3.02. The van der Waals surface area contributed by atoms with Crippen LogP contribution in [0.1, 0.15) is 35.3 Å². The number of thiophene rings is 1. The minimum Gasteiger partial charge on any atom is -0.313 e. The van der Waals surface area contributed by atoms with Crippen molar-refractivity contribution in [1.29, 1.82) is 0 Å². The lowest BCUT2D eigenvalue weighted by atomic mass is 10.3. The Balaban J connectivity index is 1.65. The fraction of sp³-hybridized carbons (Fsp3) is 0.647. The van der Waals surface area contributed by atoms with Crippen molar-refractivity contribution in [3.05, 3.63) is 33.5 Å². The Morgan fingerprint density at radius 1 is 1.22 bits per heavy atom. The van der Waals surface area contributed by atoms with Crippen molar-refractivity contribution in [3.8, 4) is 0 Å². The highest BCUT2D eigenvalue weighted by atomic mass is 32.1. The van der Waals surface area contributed by atoms with Gasteiger partial charge < -0.3 is 4.57 Å². The van der Waals surface area contributed by atoms with E-state index in [-0.39, 0.29) is 0 Å². The Labute approximate surface area is 142 Å². The summed E-state index contributed by atoms with van der Waals surface area (Å²) in [6.45, 7) is 11.7. The molecule has 0 saturated carbocycles. The molecule has 0 aliphatic carbocycles. The Hall–Kier alpha value is -1.24. The molecule has 126 valence electrons. The summed E-state index contributed by atoms with van der Waals surface area (Å²) >= 11 is 1.91. The van der Waals surface area contributed by atoms with Crippen LogP contribution in [0.15, 0.2) is 12.1 Å². The van der Waals surface area contributed by atoms with Gasteiger partial charge in [-0.25, -0.2) is 0 Å². The van der Waals surface area contributed by atoms with E-state index < -0.39 is 0 Å². The molecule has 0 spiro atoms. The Bertz CT molecular complexity index is 645. The van der Waals surface area contributed by atoms with Crippen LogP contribution < -0.4 is 0 Å². The van der Waals surface area contributed by atoms with Crippen molar-refractivity contribution in [2.75, 3.05) is 20.1 Å². The first-order chi connectivity index (χ1) is 11.0. The number of hydrogen-bond acceptors (Lipinski definition) is 5. The quantitative estimate of drug-likeness (QED) is 0.843.